The lowest BCUT2D eigenvalue weighted by molar-refractivity contribution is -0.123. The summed E-state index contributed by atoms with van der Waals surface area (Å²) in [6, 6.07) is 14.4. The second-order valence-electron chi connectivity index (χ2n) is 5.56. The summed E-state index contributed by atoms with van der Waals surface area (Å²) in [6.45, 7) is 3.95. The number of hydrogen-bond acceptors (Lipinski definition) is 3. The highest BCUT2D eigenvalue weighted by Crippen LogP contribution is 2.14. The number of primary amides is 1. The highest BCUT2D eigenvalue weighted by Gasteiger charge is 2.10. The fourth-order valence-corrected chi connectivity index (χ4v) is 2.27. The van der Waals surface area contributed by atoms with E-state index in [1.807, 2.05) is 19.1 Å². The van der Waals surface area contributed by atoms with E-state index in [0.717, 1.165) is 12.0 Å². The van der Waals surface area contributed by atoms with Gasteiger partial charge < -0.3 is 15.8 Å². The minimum Gasteiger partial charge on any atom is -0.484 e. The summed E-state index contributed by atoms with van der Waals surface area (Å²) in [7, 11) is 0. The lowest BCUT2D eigenvalue weighted by Crippen LogP contribution is -2.31. The van der Waals surface area contributed by atoms with Crippen LogP contribution in [0.5, 0.6) is 5.75 Å². The van der Waals surface area contributed by atoms with Gasteiger partial charge >= 0.3 is 0 Å². The first-order valence-electron chi connectivity index (χ1n) is 7.90. The van der Waals surface area contributed by atoms with Crippen LogP contribution in [-0.4, -0.2) is 18.4 Å². The van der Waals surface area contributed by atoms with Crippen LogP contribution in [0, 0.1) is 0 Å². The van der Waals surface area contributed by atoms with Gasteiger partial charge in [0, 0.05) is 5.56 Å². The third kappa shape index (κ3) is 4.84. The van der Waals surface area contributed by atoms with Crippen LogP contribution in [-0.2, 0) is 11.2 Å². The Labute approximate surface area is 141 Å². The lowest BCUT2D eigenvalue weighted by atomic mass is 10.1. The van der Waals surface area contributed by atoms with Crippen LogP contribution in [0.1, 0.15) is 41.4 Å². The summed E-state index contributed by atoms with van der Waals surface area (Å²) in [4.78, 5) is 23.0. The number of amides is 2. The molecule has 0 bridgehead atoms. The number of benzene rings is 2. The van der Waals surface area contributed by atoms with E-state index in [4.69, 9.17) is 10.5 Å². The minimum atomic E-state index is -0.498. The number of ether oxygens (including phenoxy) is 1. The van der Waals surface area contributed by atoms with Gasteiger partial charge in [-0.2, -0.15) is 0 Å². The average Bonchev–Trinajstić information content (AvgIpc) is 2.60. The molecule has 2 aromatic rings. The molecule has 2 rings (SSSR count). The standard InChI is InChI=1S/C19H22N2O3/c1-3-14-4-6-15(7-5-14)13(2)21-18(22)12-24-17-10-8-16(9-11-17)19(20)23/h4-11,13H,3,12H2,1-2H3,(H2,20,23)(H,21,22). The van der Waals surface area contributed by atoms with Crippen molar-refractivity contribution in [3.8, 4) is 5.75 Å². The third-order valence-corrected chi connectivity index (χ3v) is 3.77. The molecule has 126 valence electrons. The van der Waals surface area contributed by atoms with Crippen LogP contribution in [0.15, 0.2) is 48.5 Å². The van der Waals surface area contributed by atoms with Crippen LogP contribution in [0.25, 0.3) is 0 Å². The van der Waals surface area contributed by atoms with Crippen LogP contribution in [0.3, 0.4) is 0 Å². The van der Waals surface area contributed by atoms with Gasteiger partial charge in [-0.15, -0.1) is 0 Å². The van der Waals surface area contributed by atoms with Crippen LogP contribution < -0.4 is 15.8 Å². The van der Waals surface area contributed by atoms with Gasteiger partial charge in [-0.3, -0.25) is 9.59 Å². The van der Waals surface area contributed by atoms with Gasteiger partial charge in [-0.05, 0) is 48.7 Å². The highest BCUT2D eigenvalue weighted by atomic mass is 16.5. The first kappa shape index (κ1) is 17.5. The zero-order valence-corrected chi connectivity index (χ0v) is 13.9. The maximum Gasteiger partial charge on any atom is 0.258 e. The number of hydrogen-bond donors (Lipinski definition) is 2. The van der Waals surface area contributed by atoms with E-state index in [2.05, 4.69) is 24.4 Å². The Hall–Kier alpha value is -2.82. The molecule has 2 amide bonds. The molecule has 3 N–H and O–H groups in total. The van der Waals surface area contributed by atoms with Crippen molar-refractivity contribution in [2.24, 2.45) is 5.73 Å². The molecule has 24 heavy (non-hydrogen) atoms. The van der Waals surface area contributed by atoms with Gasteiger partial charge in [0.05, 0.1) is 6.04 Å². The third-order valence-electron chi connectivity index (χ3n) is 3.77. The van der Waals surface area contributed by atoms with E-state index in [1.54, 1.807) is 24.3 Å². The molecule has 0 saturated heterocycles. The molecule has 1 atom stereocenters. The van der Waals surface area contributed by atoms with E-state index >= 15 is 0 Å². The topological polar surface area (TPSA) is 81.4 Å². The van der Waals surface area contributed by atoms with E-state index < -0.39 is 5.91 Å². The lowest BCUT2D eigenvalue weighted by Gasteiger charge is -2.15. The Bertz CT molecular complexity index is 694. The Morgan fingerprint density at radius 3 is 2.25 bits per heavy atom. The maximum absolute atomic E-state index is 12.0. The first-order chi connectivity index (χ1) is 11.5. The van der Waals surface area contributed by atoms with Crippen molar-refractivity contribution in [1.29, 1.82) is 0 Å². The molecular weight excluding hydrogens is 304 g/mol. The van der Waals surface area contributed by atoms with Gasteiger partial charge in [-0.25, -0.2) is 0 Å². The highest BCUT2D eigenvalue weighted by molar-refractivity contribution is 5.92. The largest absolute Gasteiger partial charge is 0.484 e. The van der Waals surface area contributed by atoms with Gasteiger partial charge in [0.2, 0.25) is 5.91 Å². The van der Waals surface area contributed by atoms with Crippen molar-refractivity contribution in [2.75, 3.05) is 6.61 Å². The Balaban J connectivity index is 1.84. The molecule has 5 heteroatoms. The first-order valence-corrected chi connectivity index (χ1v) is 7.90. The Kier molecular flexibility index (Phi) is 5.95. The summed E-state index contributed by atoms with van der Waals surface area (Å²) >= 11 is 0. The predicted octanol–water partition coefficient (Wildman–Crippen LogP) is 2.60. The molecule has 5 nitrogen and oxygen atoms in total. The van der Waals surface area contributed by atoms with Crippen molar-refractivity contribution in [2.45, 2.75) is 26.3 Å². The summed E-state index contributed by atoms with van der Waals surface area (Å²) in [5, 5.41) is 2.90. The molecule has 0 radical (unpaired) electrons. The van der Waals surface area contributed by atoms with E-state index in [9.17, 15) is 9.59 Å². The van der Waals surface area contributed by atoms with Crippen molar-refractivity contribution in [3.05, 3.63) is 65.2 Å². The molecule has 0 aliphatic heterocycles. The molecular formula is C19H22N2O3. The normalized spacial score (nSPS) is 11.6. The monoisotopic (exact) mass is 326 g/mol. The molecule has 0 aromatic heterocycles. The van der Waals surface area contributed by atoms with Crippen molar-refractivity contribution >= 4 is 11.8 Å². The van der Waals surface area contributed by atoms with E-state index in [1.165, 1.54) is 5.56 Å². The van der Waals surface area contributed by atoms with Gasteiger partial charge in [0.1, 0.15) is 5.75 Å². The smallest absolute Gasteiger partial charge is 0.258 e. The molecule has 0 spiro atoms. The van der Waals surface area contributed by atoms with Crippen LogP contribution >= 0.6 is 0 Å². The average molecular weight is 326 g/mol. The van der Waals surface area contributed by atoms with Crippen molar-refractivity contribution in [3.63, 3.8) is 0 Å². The predicted molar refractivity (Wildman–Crippen MR) is 92.8 cm³/mol. The van der Waals surface area contributed by atoms with Crippen molar-refractivity contribution < 1.29 is 14.3 Å². The summed E-state index contributed by atoms with van der Waals surface area (Å²) in [6.07, 6.45) is 0.989. The fraction of sp³-hybridized carbons (Fsp3) is 0.263. The Morgan fingerprint density at radius 1 is 1.08 bits per heavy atom. The molecule has 0 saturated carbocycles. The fourth-order valence-electron chi connectivity index (χ4n) is 2.27. The quantitative estimate of drug-likeness (QED) is 0.820. The van der Waals surface area contributed by atoms with Crippen LogP contribution in [0.4, 0.5) is 0 Å². The summed E-state index contributed by atoms with van der Waals surface area (Å²) in [5.41, 5.74) is 7.88. The molecule has 1 unspecified atom stereocenters. The Morgan fingerprint density at radius 2 is 1.71 bits per heavy atom. The van der Waals surface area contributed by atoms with Crippen molar-refractivity contribution in [1.82, 2.24) is 5.32 Å². The second-order valence-corrected chi connectivity index (χ2v) is 5.56. The zero-order valence-electron chi connectivity index (χ0n) is 13.9. The number of nitrogens with two attached hydrogens (primary N) is 1. The van der Waals surface area contributed by atoms with Gasteiger partial charge in [-0.1, -0.05) is 31.2 Å². The number of carbonyl (C=O) groups is 2. The van der Waals surface area contributed by atoms with Gasteiger partial charge in [0.25, 0.3) is 5.91 Å². The van der Waals surface area contributed by atoms with Gasteiger partial charge in [0.15, 0.2) is 6.61 Å². The summed E-state index contributed by atoms with van der Waals surface area (Å²) < 4.78 is 5.41. The number of aryl methyl sites for hydroxylation is 1. The summed E-state index contributed by atoms with van der Waals surface area (Å²) in [5.74, 6) is -0.196. The molecule has 2 aromatic carbocycles. The van der Waals surface area contributed by atoms with E-state index in [-0.39, 0.29) is 18.6 Å². The number of carbonyl (C=O) groups excluding carboxylic acids is 2. The molecule has 0 aliphatic carbocycles. The number of nitrogens with one attached hydrogen (secondary N) is 1. The second kappa shape index (κ2) is 8.15. The maximum atomic E-state index is 12.0. The zero-order chi connectivity index (χ0) is 17.5. The molecule has 0 fully saturated rings. The van der Waals surface area contributed by atoms with Crippen LogP contribution in [0.2, 0.25) is 0 Å². The SMILES string of the molecule is CCc1ccc(C(C)NC(=O)COc2ccc(C(N)=O)cc2)cc1. The number of rotatable bonds is 7. The minimum absolute atomic E-state index is 0.0900. The molecule has 0 aliphatic rings. The van der Waals surface area contributed by atoms with E-state index in [0.29, 0.717) is 11.3 Å². The molecule has 0 heterocycles.